The smallest absolute Gasteiger partial charge is 0.332 e. The summed E-state index contributed by atoms with van der Waals surface area (Å²) in [5.74, 6) is 0. The molecule has 7 nitrogen and oxygen atoms in total. The lowest BCUT2D eigenvalue weighted by molar-refractivity contribution is 0.614. The fourth-order valence-electron chi connectivity index (χ4n) is 3.09. The van der Waals surface area contributed by atoms with Gasteiger partial charge in [0, 0.05) is 38.9 Å². The molecule has 0 bridgehead atoms. The number of hydrogen-bond donors (Lipinski definition) is 0. The van der Waals surface area contributed by atoms with E-state index in [1.807, 2.05) is 22.8 Å². The van der Waals surface area contributed by atoms with Gasteiger partial charge < -0.3 is 9.47 Å². The first-order valence-electron chi connectivity index (χ1n) is 8.34. The van der Waals surface area contributed by atoms with Crippen molar-refractivity contribution in [2.75, 3.05) is 11.4 Å². The lowest BCUT2D eigenvalue weighted by Crippen LogP contribution is -2.38. The summed E-state index contributed by atoms with van der Waals surface area (Å²) in [6.45, 7) is 5.62. The highest BCUT2D eigenvalue weighted by Gasteiger charge is 2.16. The summed E-state index contributed by atoms with van der Waals surface area (Å²) >= 11 is 0. The highest BCUT2D eigenvalue weighted by molar-refractivity contribution is 5.85. The lowest BCUT2D eigenvalue weighted by atomic mass is 10.2. The van der Waals surface area contributed by atoms with Gasteiger partial charge in [0.1, 0.15) is 0 Å². The second-order valence-corrected chi connectivity index (χ2v) is 6.44. The summed E-state index contributed by atoms with van der Waals surface area (Å²) in [5.41, 5.74) is 1.34. The van der Waals surface area contributed by atoms with Crippen LogP contribution in [0.4, 0.5) is 5.69 Å². The molecular weight excluding hydrogens is 354 g/mol. The molecule has 0 unspecified atom stereocenters. The predicted molar refractivity (Wildman–Crippen MR) is 106 cm³/mol. The number of benzene rings is 1. The van der Waals surface area contributed by atoms with Crippen LogP contribution in [0.1, 0.15) is 13.8 Å². The van der Waals surface area contributed by atoms with Crippen molar-refractivity contribution in [3.63, 3.8) is 0 Å². The fourth-order valence-corrected chi connectivity index (χ4v) is 3.09. The normalized spacial score (nSPS) is 11.0. The molecule has 3 rings (SSSR count). The number of imidazole rings is 1. The highest BCUT2D eigenvalue weighted by atomic mass is 35.5. The summed E-state index contributed by atoms with van der Waals surface area (Å²) in [7, 11) is 3.12. The Morgan fingerprint density at radius 3 is 2.35 bits per heavy atom. The molecule has 0 atom stereocenters. The summed E-state index contributed by atoms with van der Waals surface area (Å²) in [5, 5.41) is 0. The molecule has 0 fully saturated rings. The van der Waals surface area contributed by atoms with E-state index in [1.165, 1.54) is 11.6 Å². The molecule has 3 aromatic rings. The Hall–Kier alpha value is -2.54. The minimum absolute atomic E-state index is 0. The van der Waals surface area contributed by atoms with Crippen molar-refractivity contribution >= 4 is 29.3 Å². The molecule has 0 saturated carbocycles. The van der Waals surface area contributed by atoms with Crippen molar-refractivity contribution in [1.29, 1.82) is 0 Å². The number of hydrogen-bond acceptors (Lipinski definition) is 4. The average Bonchev–Trinajstić information content (AvgIpc) is 3.03. The SMILES string of the molecule is CC(C)N(CCn1cnc2c1c(=O)n(C)c(=O)n2C)c1ccccc1.Cl. The third-order valence-corrected chi connectivity index (χ3v) is 4.51. The van der Waals surface area contributed by atoms with Crippen LogP contribution in [0.15, 0.2) is 46.2 Å². The van der Waals surface area contributed by atoms with Crippen molar-refractivity contribution < 1.29 is 0 Å². The Kier molecular flexibility index (Phi) is 5.92. The highest BCUT2D eigenvalue weighted by Crippen LogP contribution is 2.16. The van der Waals surface area contributed by atoms with E-state index in [4.69, 9.17) is 0 Å². The van der Waals surface area contributed by atoms with Crippen LogP contribution in [0.2, 0.25) is 0 Å². The molecule has 2 aromatic heterocycles. The van der Waals surface area contributed by atoms with Gasteiger partial charge in [-0.2, -0.15) is 0 Å². The van der Waals surface area contributed by atoms with Crippen molar-refractivity contribution in [1.82, 2.24) is 18.7 Å². The predicted octanol–water partition coefficient (Wildman–Crippen LogP) is 1.77. The number of para-hydroxylation sites is 1. The van der Waals surface area contributed by atoms with Gasteiger partial charge in [0.2, 0.25) is 0 Å². The van der Waals surface area contributed by atoms with Crippen LogP contribution in [0.3, 0.4) is 0 Å². The van der Waals surface area contributed by atoms with Crippen LogP contribution in [-0.4, -0.2) is 31.3 Å². The Balaban J connectivity index is 0.00000243. The van der Waals surface area contributed by atoms with Crippen molar-refractivity contribution in [3.8, 4) is 0 Å². The Bertz CT molecular complexity index is 1000. The zero-order chi connectivity index (χ0) is 18.1. The number of aryl methyl sites for hydroxylation is 1. The maximum Gasteiger partial charge on any atom is 0.332 e. The summed E-state index contributed by atoms with van der Waals surface area (Å²) in [4.78, 5) is 31.1. The first-order chi connectivity index (χ1) is 11.9. The van der Waals surface area contributed by atoms with Gasteiger partial charge in [-0.25, -0.2) is 9.78 Å². The first-order valence-corrected chi connectivity index (χ1v) is 8.34. The number of aromatic nitrogens is 4. The van der Waals surface area contributed by atoms with E-state index >= 15 is 0 Å². The molecule has 0 aliphatic rings. The minimum atomic E-state index is -0.365. The molecular formula is C18H24ClN5O2. The maximum absolute atomic E-state index is 12.5. The van der Waals surface area contributed by atoms with Gasteiger partial charge in [-0.05, 0) is 26.0 Å². The fraction of sp³-hybridized carbons (Fsp3) is 0.389. The van der Waals surface area contributed by atoms with Gasteiger partial charge in [0.25, 0.3) is 5.56 Å². The minimum Gasteiger partial charge on any atom is -0.367 e. The van der Waals surface area contributed by atoms with Crippen LogP contribution in [0.5, 0.6) is 0 Å². The van der Waals surface area contributed by atoms with Crippen LogP contribution in [0.25, 0.3) is 11.2 Å². The summed E-state index contributed by atoms with van der Waals surface area (Å²) in [6.07, 6.45) is 1.63. The van der Waals surface area contributed by atoms with Gasteiger partial charge >= 0.3 is 5.69 Å². The molecule has 0 saturated heterocycles. The molecule has 26 heavy (non-hydrogen) atoms. The molecule has 0 amide bonds. The third-order valence-electron chi connectivity index (χ3n) is 4.51. The van der Waals surface area contributed by atoms with Gasteiger partial charge in [0.15, 0.2) is 11.2 Å². The molecule has 1 aromatic carbocycles. The zero-order valence-electron chi connectivity index (χ0n) is 15.4. The van der Waals surface area contributed by atoms with E-state index in [0.717, 1.165) is 16.8 Å². The zero-order valence-corrected chi connectivity index (χ0v) is 16.2. The van der Waals surface area contributed by atoms with Gasteiger partial charge in [-0.1, -0.05) is 18.2 Å². The number of nitrogens with zero attached hydrogens (tertiary/aromatic N) is 5. The maximum atomic E-state index is 12.5. The second-order valence-electron chi connectivity index (χ2n) is 6.44. The number of halogens is 1. The van der Waals surface area contributed by atoms with Gasteiger partial charge in [-0.3, -0.25) is 13.9 Å². The van der Waals surface area contributed by atoms with Crippen molar-refractivity contribution in [3.05, 3.63) is 57.5 Å². The Morgan fingerprint density at radius 1 is 1.08 bits per heavy atom. The van der Waals surface area contributed by atoms with E-state index < -0.39 is 0 Å². The lowest BCUT2D eigenvalue weighted by Gasteiger charge is -2.29. The Labute approximate surface area is 157 Å². The number of anilines is 1. The molecule has 0 spiro atoms. The molecule has 0 aliphatic carbocycles. The molecule has 0 N–H and O–H groups in total. The largest absolute Gasteiger partial charge is 0.367 e. The topological polar surface area (TPSA) is 65.1 Å². The van der Waals surface area contributed by atoms with E-state index in [2.05, 4.69) is 35.9 Å². The first kappa shape index (κ1) is 19.8. The van der Waals surface area contributed by atoms with Crippen molar-refractivity contribution in [2.24, 2.45) is 14.1 Å². The van der Waals surface area contributed by atoms with Gasteiger partial charge in [0.05, 0.1) is 6.33 Å². The van der Waals surface area contributed by atoms with Gasteiger partial charge in [-0.15, -0.1) is 12.4 Å². The average molecular weight is 378 g/mol. The van der Waals surface area contributed by atoms with Crippen LogP contribution in [0, 0.1) is 0 Å². The van der Waals surface area contributed by atoms with E-state index in [1.54, 1.807) is 13.4 Å². The monoisotopic (exact) mass is 377 g/mol. The van der Waals surface area contributed by atoms with E-state index in [-0.39, 0.29) is 23.7 Å². The van der Waals surface area contributed by atoms with E-state index in [0.29, 0.717) is 23.8 Å². The van der Waals surface area contributed by atoms with Crippen LogP contribution >= 0.6 is 12.4 Å². The second kappa shape index (κ2) is 7.78. The molecule has 8 heteroatoms. The summed E-state index contributed by atoms with van der Waals surface area (Å²) < 4.78 is 4.36. The molecule has 0 aliphatic heterocycles. The van der Waals surface area contributed by atoms with Crippen LogP contribution < -0.4 is 16.1 Å². The quantitative estimate of drug-likeness (QED) is 0.679. The van der Waals surface area contributed by atoms with Crippen LogP contribution in [-0.2, 0) is 20.6 Å². The van der Waals surface area contributed by atoms with Crippen molar-refractivity contribution in [2.45, 2.75) is 26.4 Å². The third kappa shape index (κ3) is 3.39. The van der Waals surface area contributed by atoms with E-state index in [9.17, 15) is 9.59 Å². The molecule has 0 radical (unpaired) electrons. The summed E-state index contributed by atoms with van der Waals surface area (Å²) in [6, 6.07) is 10.5. The molecule has 2 heterocycles. The molecule has 140 valence electrons. The number of rotatable bonds is 5. The Morgan fingerprint density at radius 2 is 1.73 bits per heavy atom. The standard InChI is InChI=1S/C18H23N5O2.ClH/c1-13(2)23(14-8-6-5-7-9-14)11-10-22-12-19-16-15(22)17(24)21(4)18(25)20(16)3;/h5-9,12-13H,10-11H2,1-4H3;1H. The number of fused-ring (bicyclic) bond motifs is 1.